The van der Waals surface area contributed by atoms with Crippen molar-refractivity contribution in [2.45, 2.75) is 32.6 Å². The minimum Gasteiger partial charge on any atom is -0.480 e. The van der Waals surface area contributed by atoms with E-state index < -0.39 is 5.97 Å². The predicted octanol–water partition coefficient (Wildman–Crippen LogP) is 1.57. The van der Waals surface area contributed by atoms with E-state index in [-0.39, 0.29) is 6.54 Å². The first kappa shape index (κ1) is 11.4. The maximum Gasteiger partial charge on any atom is 0.322 e. The van der Waals surface area contributed by atoms with Gasteiger partial charge in [0.25, 0.3) is 0 Å². The topological polar surface area (TPSA) is 49.3 Å². The smallest absolute Gasteiger partial charge is 0.322 e. The van der Waals surface area contributed by atoms with Crippen LogP contribution in [0.4, 0.5) is 0 Å². The van der Waals surface area contributed by atoms with Gasteiger partial charge >= 0.3 is 5.97 Å². The molecule has 3 nitrogen and oxygen atoms in total. The van der Waals surface area contributed by atoms with E-state index in [1.807, 2.05) is 0 Å². The van der Waals surface area contributed by atoms with Crippen LogP contribution < -0.4 is 5.32 Å². The second kappa shape index (κ2) is 7.03. The number of nitrogens with one attached hydrogen (secondary N) is 1. The van der Waals surface area contributed by atoms with Crippen molar-refractivity contribution < 1.29 is 9.90 Å². The minimum atomic E-state index is -0.868. The van der Waals surface area contributed by atoms with Gasteiger partial charge in [-0.05, 0) is 12.8 Å². The highest BCUT2D eigenvalue weighted by molar-refractivity contribution is 7.80. The van der Waals surface area contributed by atoms with Gasteiger partial charge in [-0.25, -0.2) is 0 Å². The summed E-state index contributed by atoms with van der Waals surface area (Å²) in [4.78, 5) is 10.8. The number of hydrogen-bond acceptors (Lipinski definition) is 2. The summed E-state index contributed by atoms with van der Waals surface area (Å²) in [5.74, 6) is -0.868. The quantitative estimate of drug-likeness (QED) is 0.492. The van der Waals surface area contributed by atoms with Crippen LogP contribution in [0.25, 0.3) is 0 Å². The van der Waals surface area contributed by atoms with Crippen molar-refractivity contribution in [3.8, 4) is 0 Å². The van der Waals surface area contributed by atoms with Crippen LogP contribution in [0.2, 0.25) is 0 Å². The monoisotopic (exact) mass is 189 g/mol. The maximum absolute atomic E-state index is 10.1. The highest BCUT2D eigenvalue weighted by Gasteiger charge is 1.98. The molecule has 0 aromatic carbocycles. The number of thiocarbonyl (C=S) groups is 1. The largest absolute Gasteiger partial charge is 0.480 e. The molecular weight excluding hydrogens is 174 g/mol. The molecule has 0 aliphatic heterocycles. The predicted molar refractivity (Wildman–Crippen MR) is 52.4 cm³/mol. The summed E-state index contributed by atoms with van der Waals surface area (Å²) in [6.07, 6.45) is 4.15. The fourth-order valence-corrected chi connectivity index (χ4v) is 1.01. The van der Waals surface area contributed by atoms with Crippen LogP contribution in [0.1, 0.15) is 32.6 Å². The average Bonchev–Trinajstić information content (AvgIpc) is 2.01. The van der Waals surface area contributed by atoms with Crippen LogP contribution in [0.15, 0.2) is 0 Å². The first-order valence-electron chi connectivity index (χ1n) is 4.15. The molecule has 0 saturated heterocycles. The summed E-state index contributed by atoms with van der Waals surface area (Å²) in [5, 5.41) is 11.0. The molecule has 0 atom stereocenters. The molecular formula is C8H15NO2S. The molecule has 0 aliphatic rings. The van der Waals surface area contributed by atoms with Crippen molar-refractivity contribution in [3.05, 3.63) is 0 Å². The average molecular weight is 189 g/mol. The standard InChI is InChI=1S/C8H15NO2S/c1-2-3-4-5-7(12)9-6-8(10)11/h2-6H2,1H3,(H,9,12)(H,10,11). The van der Waals surface area contributed by atoms with Crippen LogP contribution in [0.5, 0.6) is 0 Å². The Hall–Kier alpha value is -0.640. The van der Waals surface area contributed by atoms with Gasteiger partial charge in [0.05, 0.1) is 4.99 Å². The first-order valence-corrected chi connectivity index (χ1v) is 4.56. The Kier molecular flexibility index (Phi) is 6.66. The van der Waals surface area contributed by atoms with Gasteiger partial charge in [0.2, 0.25) is 0 Å². The van der Waals surface area contributed by atoms with Crippen molar-refractivity contribution in [3.63, 3.8) is 0 Å². The molecule has 0 fully saturated rings. The Morgan fingerprint density at radius 1 is 1.50 bits per heavy atom. The zero-order valence-electron chi connectivity index (χ0n) is 7.30. The van der Waals surface area contributed by atoms with Crippen LogP contribution in [0, 0.1) is 0 Å². The molecule has 4 heteroatoms. The second-order valence-corrected chi connectivity index (χ2v) is 3.12. The third kappa shape index (κ3) is 7.47. The highest BCUT2D eigenvalue weighted by atomic mass is 32.1. The Balaban J connectivity index is 3.28. The molecule has 70 valence electrons. The number of carboxylic acid groups (broad SMARTS) is 1. The van der Waals surface area contributed by atoms with Crippen molar-refractivity contribution >= 4 is 23.2 Å². The lowest BCUT2D eigenvalue weighted by molar-refractivity contribution is -0.135. The summed E-state index contributed by atoms with van der Waals surface area (Å²) in [6.45, 7) is 2.05. The Morgan fingerprint density at radius 2 is 2.17 bits per heavy atom. The van der Waals surface area contributed by atoms with E-state index in [1.54, 1.807) is 0 Å². The van der Waals surface area contributed by atoms with Crippen molar-refractivity contribution in [2.75, 3.05) is 6.54 Å². The van der Waals surface area contributed by atoms with E-state index in [9.17, 15) is 4.79 Å². The van der Waals surface area contributed by atoms with E-state index in [1.165, 1.54) is 0 Å². The minimum absolute atomic E-state index is 0.0645. The molecule has 0 amide bonds. The lowest BCUT2D eigenvalue weighted by Gasteiger charge is -2.03. The van der Waals surface area contributed by atoms with Gasteiger partial charge in [-0.15, -0.1) is 0 Å². The van der Waals surface area contributed by atoms with Gasteiger partial charge in [0.15, 0.2) is 0 Å². The Bertz CT molecular complexity index is 159. The molecule has 0 radical (unpaired) electrons. The number of carboxylic acids is 1. The summed E-state index contributed by atoms with van der Waals surface area (Å²) < 4.78 is 0. The van der Waals surface area contributed by atoms with Gasteiger partial charge in [-0.2, -0.15) is 0 Å². The van der Waals surface area contributed by atoms with E-state index in [4.69, 9.17) is 17.3 Å². The lowest BCUT2D eigenvalue weighted by Crippen LogP contribution is -2.27. The van der Waals surface area contributed by atoms with Crippen LogP contribution >= 0.6 is 12.2 Å². The fourth-order valence-electron chi connectivity index (χ4n) is 0.798. The number of carbonyl (C=O) groups is 1. The third-order valence-electron chi connectivity index (χ3n) is 1.44. The van der Waals surface area contributed by atoms with Gasteiger partial charge in [-0.1, -0.05) is 32.0 Å². The van der Waals surface area contributed by atoms with E-state index in [2.05, 4.69) is 12.2 Å². The van der Waals surface area contributed by atoms with Crippen molar-refractivity contribution in [1.29, 1.82) is 0 Å². The van der Waals surface area contributed by atoms with Gasteiger partial charge in [-0.3, -0.25) is 4.79 Å². The zero-order chi connectivity index (χ0) is 9.40. The van der Waals surface area contributed by atoms with Gasteiger partial charge in [0, 0.05) is 0 Å². The maximum atomic E-state index is 10.1. The number of aliphatic carboxylic acids is 1. The van der Waals surface area contributed by atoms with Gasteiger partial charge < -0.3 is 10.4 Å². The van der Waals surface area contributed by atoms with Crippen molar-refractivity contribution in [1.82, 2.24) is 5.32 Å². The van der Waals surface area contributed by atoms with Crippen LogP contribution in [-0.4, -0.2) is 22.6 Å². The Labute approximate surface area is 78.2 Å². The first-order chi connectivity index (χ1) is 5.66. The molecule has 0 spiro atoms. The summed E-state index contributed by atoms with van der Waals surface area (Å²) in [5.41, 5.74) is 0. The van der Waals surface area contributed by atoms with Crippen LogP contribution in [-0.2, 0) is 4.79 Å². The van der Waals surface area contributed by atoms with Gasteiger partial charge in [0.1, 0.15) is 6.54 Å². The number of rotatable bonds is 6. The molecule has 0 aromatic rings. The molecule has 0 aromatic heterocycles. The van der Waals surface area contributed by atoms with Crippen molar-refractivity contribution in [2.24, 2.45) is 0 Å². The fraction of sp³-hybridized carbons (Fsp3) is 0.750. The Morgan fingerprint density at radius 3 is 2.67 bits per heavy atom. The molecule has 0 heterocycles. The molecule has 0 saturated carbocycles. The SMILES string of the molecule is CCCCCC(=S)NCC(=O)O. The molecule has 0 rings (SSSR count). The van der Waals surface area contributed by atoms with E-state index >= 15 is 0 Å². The molecule has 2 N–H and O–H groups in total. The summed E-state index contributed by atoms with van der Waals surface area (Å²) in [6, 6.07) is 0. The third-order valence-corrected chi connectivity index (χ3v) is 1.79. The normalized spacial score (nSPS) is 9.42. The van der Waals surface area contributed by atoms with E-state index in [0.717, 1.165) is 25.7 Å². The van der Waals surface area contributed by atoms with E-state index in [0.29, 0.717) is 4.99 Å². The number of hydrogen-bond donors (Lipinski definition) is 2. The summed E-state index contributed by atoms with van der Waals surface area (Å²) in [7, 11) is 0. The number of unbranched alkanes of at least 4 members (excludes halogenated alkanes) is 2. The molecule has 0 aliphatic carbocycles. The highest BCUT2D eigenvalue weighted by Crippen LogP contribution is 1.99. The zero-order valence-corrected chi connectivity index (χ0v) is 8.12. The molecule has 0 bridgehead atoms. The second-order valence-electron chi connectivity index (χ2n) is 2.63. The van der Waals surface area contributed by atoms with Crippen LogP contribution in [0.3, 0.4) is 0 Å². The summed E-state index contributed by atoms with van der Waals surface area (Å²) >= 11 is 4.91. The molecule has 0 unspecified atom stereocenters. The lowest BCUT2D eigenvalue weighted by atomic mass is 10.2. The molecule has 12 heavy (non-hydrogen) atoms.